The zero-order chi connectivity index (χ0) is 17.0. The lowest BCUT2D eigenvalue weighted by Gasteiger charge is -2.27. The van der Waals surface area contributed by atoms with Gasteiger partial charge >= 0.3 is 0 Å². The van der Waals surface area contributed by atoms with E-state index in [0.717, 1.165) is 0 Å². The van der Waals surface area contributed by atoms with Crippen LogP contribution in [0.1, 0.15) is 20.8 Å². The largest absolute Gasteiger partial charge is 0.486 e. The first-order valence-corrected chi connectivity index (χ1v) is 7.79. The molecule has 2 rings (SSSR count). The highest BCUT2D eigenvalue weighted by Gasteiger charge is 2.29. The molecule has 0 fully saturated rings. The summed E-state index contributed by atoms with van der Waals surface area (Å²) >= 11 is 6.17. The molecule has 0 saturated carbocycles. The maximum atomic E-state index is 12.1. The minimum Gasteiger partial charge on any atom is -0.486 e. The van der Waals surface area contributed by atoms with Crippen molar-refractivity contribution in [2.45, 2.75) is 26.3 Å². The molecule has 1 aromatic rings. The van der Waals surface area contributed by atoms with Crippen LogP contribution in [0.5, 0.6) is 11.5 Å². The molecular formula is C16H20ClN3O3. The van der Waals surface area contributed by atoms with Gasteiger partial charge in [0.1, 0.15) is 18.8 Å². The summed E-state index contributed by atoms with van der Waals surface area (Å²) in [4.78, 5) is 12.1. The van der Waals surface area contributed by atoms with E-state index in [1.165, 1.54) is 0 Å². The standard InChI is InChI=1S/C16H20ClN3O3/c1-10(2)16(3,9-18)20-15(21)8-19-12-7-14-13(6-11(12)17)22-4-5-23-14/h6-7,10,19H,4-5,8H2,1-3H3,(H,20,21)/t16-/m1/s1. The van der Waals surface area contributed by atoms with Gasteiger partial charge in [-0.05, 0) is 12.8 Å². The van der Waals surface area contributed by atoms with Gasteiger partial charge in [0.15, 0.2) is 11.5 Å². The number of amides is 1. The van der Waals surface area contributed by atoms with E-state index in [0.29, 0.717) is 35.4 Å². The van der Waals surface area contributed by atoms with Crippen molar-refractivity contribution in [1.82, 2.24) is 5.32 Å². The fraction of sp³-hybridized carbons (Fsp3) is 0.500. The molecule has 0 aromatic heterocycles. The number of benzene rings is 1. The fourth-order valence-corrected chi connectivity index (χ4v) is 2.23. The van der Waals surface area contributed by atoms with Gasteiger partial charge in [-0.2, -0.15) is 5.26 Å². The van der Waals surface area contributed by atoms with E-state index in [2.05, 4.69) is 16.7 Å². The number of halogens is 1. The molecule has 1 amide bonds. The molecule has 1 aliphatic heterocycles. The summed E-state index contributed by atoms with van der Waals surface area (Å²) in [6.07, 6.45) is 0. The van der Waals surface area contributed by atoms with E-state index in [1.54, 1.807) is 19.1 Å². The van der Waals surface area contributed by atoms with Gasteiger partial charge < -0.3 is 20.1 Å². The Kier molecular flexibility index (Phi) is 5.22. The Morgan fingerprint density at radius 3 is 2.57 bits per heavy atom. The lowest BCUT2D eigenvalue weighted by Crippen LogP contribution is -2.50. The molecule has 1 heterocycles. The Balaban J connectivity index is 2.01. The molecule has 6 nitrogen and oxygen atoms in total. The second-order valence-electron chi connectivity index (χ2n) is 5.85. The van der Waals surface area contributed by atoms with Gasteiger partial charge in [0.2, 0.25) is 5.91 Å². The van der Waals surface area contributed by atoms with Crippen molar-refractivity contribution in [3.05, 3.63) is 17.2 Å². The summed E-state index contributed by atoms with van der Waals surface area (Å²) in [6.45, 7) is 6.43. The quantitative estimate of drug-likeness (QED) is 0.862. The average Bonchev–Trinajstić information content (AvgIpc) is 2.52. The smallest absolute Gasteiger partial charge is 0.240 e. The first-order valence-electron chi connectivity index (χ1n) is 7.41. The molecule has 124 valence electrons. The number of hydrogen-bond donors (Lipinski definition) is 2. The van der Waals surface area contributed by atoms with E-state index in [1.807, 2.05) is 13.8 Å². The maximum absolute atomic E-state index is 12.1. The van der Waals surface area contributed by atoms with E-state index in [4.69, 9.17) is 21.1 Å². The summed E-state index contributed by atoms with van der Waals surface area (Å²) in [5.74, 6) is 0.892. The summed E-state index contributed by atoms with van der Waals surface area (Å²) in [6, 6.07) is 5.50. The average molecular weight is 338 g/mol. The van der Waals surface area contributed by atoms with Crippen molar-refractivity contribution >= 4 is 23.2 Å². The number of nitrogens with zero attached hydrogens (tertiary/aromatic N) is 1. The van der Waals surface area contributed by atoms with Crippen LogP contribution in [0.15, 0.2) is 12.1 Å². The monoisotopic (exact) mass is 337 g/mol. The zero-order valence-electron chi connectivity index (χ0n) is 13.4. The van der Waals surface area contributed by atoms with Gasteiger partial charge in [0, 0.05) is 12.1 Å². The van der Waals surface area contributed by atoms with Gasteiger partial charge in [-0.15, -0.1) is 0 Å². The third-order valence-electron chi connectivity index (χ3n) is 3.86. The van der Waals surface area contributed by atoms with Crippen LogP contribution in [0.25, 0.3) is 0 Å². The van der Waals surface area contributed by atoms with E-state index < -0.39 is 5.54 Å². The lowest BCUT2D eigenvalue weighted by atomic mass is 9.90. The lowest BCUT2D eigenvalue weighted by molar-refractivity contribution is -0.121. The van der Waals surface area contributed by atoms with Crippen LogP contribution in [0.2, 0.25) is 5.02 Å². The molecule has 1 atom stereocenters. The molecule has 0 aliphatic carbocycles. The second kappa shape index (κ2) is 6.97. The topological polar surface area (TPSA) is 83.4 Å². The first-order chi connectivity index (χ1) is 10.9. The molecule has 0 radical (unpaired) electrons. The SMILES string of the molecule is CC(C)[C@@](C)(C#N)NC(=O)CNc1cc2c(cc1Cl)OCCO2. The Labute approximate surface area is 140 Å². The van der Waals surface area contributed by atoms with Crippen molar-refractivity contribution in [1.29, 1.82) is 5.26 Å². The van der Waals surface area contributed by atoms with Gasteiger partial charge in [0.05, 0.1) is 23.3 Å². The molecule has 7 heteroatoms. The second-order valence-corrected chi connectivity index (χ2v) is 6.25. The number of anilines is 1. The third-order valence-corrected chi connectivity index (χ3v) is 4.17. The van der Waals surface area contributed by atoms with Crippen LogP contribution >= 0.6 is 11.6 Å². The third kappa shape index (κ3) is 3.99. The van der Waals surface area contributed by atoms with Crippen LogP contribution in [-0.2, 0) is 4.79 Å². The predicted octanol–water partition coefficient (Wildman–Crippen LogP) is 2.58. The number of carbonyl (C=O) groups excluding carboxylic acids is 1. The normalized spacial score (nSPS) is 15.5. The molecule has 0 saturated heterocycles. The van der Waals surface area contributed by atoms with Crippen LogP contribution in [-0.4, -0.2) is 31.2 Å². The van der Waals surface area contributed by atoms with Crippen molar-refractivity contribution in [3.63, 3.8) is 0 Å². The van der Waals surface area contributed by atoms with Gasteiger partial charge in [0.25, 0.3) is 0 Å². The Morgan fingerprint density at radius 2 is 2.00 bits per heavy atom. The van der Waals surface area contributed by atoms with E-state index >= 15 is 0 Å². The summed E-state index contributed by atoms with van der Waals surface area (Å²) in [5.41, 5.74) is -0.329. The molecular weight excluding hydrogens is 318 g/mol. The number of nitriles is 1. The molecule has 23 heavy (non-hydrogen) atoms. The number of ether oxygens (including phenoxy) is 2. The van der Waals surface area contributed by atoms with Crippen LogP contribution in [0.3, 0.4) is 0 Å². The minimum atomic E-state index is -0.907. The van der Waals surface area contributed by atoms with Crippen LogP contribution < -0.4 is 20.1 Å². The highest BCUT2D eigenvalue weighted by atomic mass is 35.5. The number of carbonyl (C=O) groups is 1. The Morgan fingerprint density at radius 1 is 1.39 bits per heavy atom. The molecule has 0 spiro atoms. The van der Waals surface area contributed by atoms with Crippen LogP contribution in [0.4, 0.5) is 5.69 Å². The number of rotatable bonds is 5. The highest BCUT2D eigenvalue weighted by molar-refractivity contribution is 6.33. The molecule has 2 N–H and O–H groups in total. The number of nitrogens with one attached hydrogen (secondary N) is 2. The number of fused-ring (bicyclic) bond motifs is 1. The van der Waals surface area contributed by atoms with Crippen molar-refractivity contribution in [3.8, 4) is 17.6 Å². The van der Waals surface area contributed by atoms with E-state index in [9.17, 15) is 10.1 Å². The Bertz CT molecular complexity index is 642. The van der Waals surface area contributed by atoms with Crippen molar-refractivity contribution < 1.29 is 14.3 Å². The predicted molar refractivity (Wildman–Crippen MR) is 87.9 cm³/mol. The Hall–Kier alpha value is -2.13. The molecule has 1 aromatic carbocycles. The molecule has 0 bridgehead atoms. The maximum Gasteiger partial charge on any atom is 0.240 e. The van der Waals surface area contributed by atoms with Gasteiger partial charge in [-0.25, -0.2) is 0 Å². The zero-order valence-corrected chi connectivity index (χ0v) is 14.2. The molecule has 1 aliphatic rings. The van der Waals surface area contributed by atoms with Gasteiger partial charge in [-0.3, -0.25) is 4.79 Å². The summed E-state index contributed by atoms with van der Waals surface area (Å²) in [5, 5.41) is 15.4. The van der Waals surface area contributed by atoms with E-state index in [-0.39, 0.29) is 18.4 Å². The fourth-order valence-electron chi connectivity index (χ4n) is 2.01. The first kappa shape index (κ1) is 17.2. The highest BCUT2D eigenvalue weighted by Crippen LogP contribution is 2.37. The minimum absolute atomic E-state index is 0.00333. The van der Waals surface area contributed by atoms with Gasteiger partial charge in [-0.1, -0.05) is 25.4 Å². The van der Waals surface area contributed by atoms with Crippen molar-refractivity contribution in [2.75, 3.05) is 25.1 Å². The summed E-state index contributed by atoms with van der Waals surface area (Å²) < 4.78 is 10.9. The summed E-state index contributed by atoms with van der Waals surface area (Å²) in [7, 11) is 0. The molecule has 0 unspecified atom stereocenters. The number of hydrogen-bond acceptors (Lipinski definition) is 5. The van der Waals surface area contributed by atoms with Crippen molar-refractivity contribution in [2.24, 2.45) is 5.92 Å². The van der Waals surface area contributed by atoms with Crippen LogP contribution in [0, 0.1) is 17.2 Å².